The van der Waals surface area contributed by atoms with Crippen molar-refractivity contribution < 1.29 is 0 Å². The van der Waals surface area contributed by atoms with Gasteiger partial charge >= 0.3 is 0 Å². The molecule has 26 heavy (non-hydrogen) atoms. The minimum atomic E-state index is 0.684. The molecular weight excluding hydrogens is 324 g/mol. The molecule has 1 unspecified atom stereocenters. The number of piperazine rings is 1. The summed E-state index contributed by atoms with van der Waals surface area (Å²) in [6.07, 6.45) is 4.57. The smallest absolute Gasteiger partial charge is 0.194 e. The number of piperidine rings is 1. The molecule has 0 radical (unpaired) electrons. The minimum absolute atomic E-state index is 0.684. The van der Waals surface area contributed by atoms with Crippen LogP contribution in [0, 0.1) is 5.92 Å². The summed E-state index contributed by atoms with van der Waals surface area (Å²) in [5.74, 6) is 2.88. The first-order valence-corrected chi connectivity index (χ1v) is 10.1. The van der Waals surface area contributed by atoms with Gasteiger partial charge in [-0.2, -0.15) is 0 Å². The first-order chi connectivity index (χ1) is 12.7. The van der Waals surface area contributed by atoms with Gasteiger partial charge in [0, 0.05) is 52.0 Å². The van der Waals surface area contributed by atoms with Gasteiger partial charge < -0.3 is 20.0 Å². The molecule has 0 amide bonds. The number of rotatable bonds is 4. The van der Waals surface area contributed by atoms with Gasteiger partial charge in [-0.05, 0) is 44.4 Å². The minimum Gasteiger partial charge on any atom is -0.357 e. The fourth-order valence-corrected chi connectivity index (χ4v) is 3.71. The lowest BCUT2D eigenvalue weighted by atomic mass is 10.0. The maximum Gasteiger partial charge on any atom is 0.194 e. The maximum absolute atomic E-state index is 4.87. The van der Waals surface area contributed by atoms with E-state index in [2.05, 4.69) is 58.0 Å². The topological polar surface area (TPSA) is 47.0 Å². The van der Waals surface area contributed by atoms with Gasteiger partial charge in [-0.3, -0.25) is 0 Å². The highest BCUT2D eigenvalue weighted by Gasteiger charge is 2.19. The van der Waals surface area contributed by atoms with Crippen molar-refractivity contribution in [3.63, 3.8) is 0 Å². The third-order valence-corrected chi connectivity index (χ3v) is 5.34. The van der Waals surface area contributed by atoms with Gasteiger partial charge in [0.15, 0.2) is 5.96 Å². The van der Waals surface area contributed by atoms with Crippen LogP contribution in [0.5, 0.6) is 0 Å². The molecule has 3 heterocycles. The molecule has 144 valence electrons. The summed E-state index contributed by atoms with van der Waals surface area (Å²) in [5.41, 5.74) is 1.17. The van der Waals surface area contributed by atoms with Crippen LogP contribution in [-0.4, -0.2) is 73.6 Å². The van der Waals surface area contributed by atoms with Crippen molar-refractivity contribution in [2.24, 2.45) is 10.9 Å². The maximum atomic E-state index is 4.87. The molecule has 1 atom stereocenters. The van der Waals surface area contributed by atoms with Crippen LogP contribution in [0.2, 0.25) is 0 Å². The summed E-state index contributed by atoms with van der Waals surface area (Å²) in [5, 5.41) is 3.45. The molecule has 0 bridgehead atoms. The molecule has 3 rings (SSSR count). The van der Waals surface area contributed by atoms with Crippen LogP contribution >= 0.6 is 0 Å². The van der Waals surface area contributed by atoms with Crippen LogP contribution in [0.25, 0.3) is 0 Å². The van der Waals surface area contributed by atoms with Crippen molar-refractivity contribution in [3.05, 3.63) is 23.9 Å². The molecule has 0 spiro atoms. The molecule has 2 aliphatic heterocycles. The van der Waals surface area contributed by atoms with Crippen molar-refractivity contribution in [1.29, 1.82) is 0 Å². The Morgan fingerprint density at radius 1 is 1.23 bits per heavy atom. The summed E-state index contributed by atoms with van der Waals surface area (Å²) >= 11 is 0. The lowest BCUT2D eigenvalue weighted by molar-refractivity contribution is 0.266. The molecule has 6 heteroatoms. The van der Waals surface area contributed by atoms with Gasteiger partial charge in [0.25, 0.3) is 0 Å². The van der Waals surface area contributed by atoms with Crippen LogP contribution in [0.15, 0.2) is 23.3 Å². The predicted molar refractivity (Wildman–Crippen MR) is 109 cm³/mol. The van der Waals surface area contributed by atoms with Gasteiger partial charge in [-0.25, -0.2) is 9.98 Å². The summed E-state index contributed by atoms with van der Waals surface area (Å²) in [6, 6.07) is 4.32. The van der Waals surface area contributed by atoms with E-state index in [0.717, 1.165) is 63.5 Å². The Bertz CT molecular complexity index is 576. The lowest BCUT2D eigenvalue weighted by Crippen LogP contribution is -2.46. The predicted octanol–water partition coefficient (Wildman–Crippen LogP) is 2.03. The Labute approximate surface area is 158 Å². The van der Waals surface area contributed by atoms with Gasteiger partial charge in [-0.15, -0.1) is 0 Å². The third kappa shape index (κ3) is 5.10. The number of likely N-dealkylation sites (N-methyl/N-ethyl adjacent to an activating group) is 1. The highest BCUT2D eigenvalue weighted by atomic mass is 15.3. The first kappa shape index (κ1) is 19.0. The molecule has 6 nitrogen and oxygen atoms in total. The molecule has 2 aliphatic rings. The average molecular weight is 359 g/mol. The zero-order valence-electron chi connectivity index (χ0n) is 16.6. The summed E-state index contributed by atoms with van der Waals surface area (Å²) in [4.78, 5) is 16.7. The van der Waals surface area contributed by atoms with E-state index in [1.807, 2.05) is 6.20 Å². The Hall–Kier alpha value is -1.82. The van der Waals surface area contributed by atoms with Crippen molar-refractivity contribution in [1.82, 2.24) is 20.1 Å². The molecule has 1 N–H and O–H groups in total. The number of likely N-dealkylation sites (tertiary alicyclic amines) is 1. The van der Waals surface area contributed by atoms with Gasteiger partial charge in [0.05, 0.1) is 6.54 Å². The number of aliphatic imine (C=N–C) groups is 1. The number of aromatic nitrogens is 1. The molecule has 0 aliphatic carbocycles. The lowest BCUT2D eigenvalue weighted by Gasteiger charge is -2.33. The Balaban J connectivity index is 1.60. The van der Waals surface area contributed by atoms with Gasteiger partial charge in [-0.1, -0.05) is 13.0 Å². The van der Waals surface area contributed by atoms with E-state index < -0.39 is 0 Å². The Kier molecular flexibility index (Phi) is 6.72. The molecule has 2 saturated heterocycles. The molecule has 0 saturated carbocycles. The van der Waals surface area contributed by atoms with Crippen molar-refractivity contribution in [2.75, 3.05) is 57.8 Å². The number of nitrogens with zero attached hydrogens (tertiary/aromatic N) is 5. The number of pyridine rings is 1. The van der Waals surface area contributed by atoms with E-state index in [0.29, 0.717) is 6.54 Å². The fourth-order valence-electron chi connectivity index (χ4n) is 3.71. The molecule has 2 fully saturated rings. The van der Waals surface area contributed by atoms with Crippen molar-refractivity contribution in [3.8, 4) is 0 Å². The van der Waals surface area contributed by atoms with Gasteiger partial charge in [0.1, 0.15) is 5.82 Å². The normalized spacial score (nSPS) is 22.6. The Morgan fingerprint density at radius 3 is 2.69 bits per heavy atom. The summed E-state index contributed by atoms with van der Waals surface area (Å²) in [7, 11) is 2.18. The summed E-state index contributed by atoms with van der Waals surface area (Å²) < 4.78 is 0. The average Bonchev–Trinajstić information content (AvgIpc) is 2.66. The van der Waals surface area contributed by atoms with E-state index in [9.17, 15) is 0 Å². The monoisotopic (exact) mass is 358 g/mol. The standard InChI is InChI=1S/C20H34N6/c1-4-21-20(26-9-5-6-17(2)16-26)23-15-18-7-8-19(22-14-18)25-12-10-24(3)11-13-25/h7-8,14,17H,4-6,9-13,15-16H2,1-3H3,(H,21,23). The largest absolute Gasteiger partial charge is 0.357 e. The van der Waals surface area contributed by atoms with E-state index in [1.54, 1.807) is 0 Å². The second kappa shape index (κ2) is 9.21. The first-order valence-electron chi connectivity index (χ1n) is 10.1. The van der Waals surface area contributed by atoms with Crippen LogP contribution in [0.3, 0.4) is 0 Å². The quantitative estimate of drug-likeness (QED) is 0.659. The summed E-state index contributed by atoms with van der Waals surface area (Å²) in [6.45, 7) is 12.6. The second-order valence-electron chi connectivity index (χ2n) is 7.68. The van der Waals surface area contributed by atoms with Crippen LogP contribution in [0.4, 0.5) is 5.82 Å². The van der Waals surface area contributed by atoms with Crippen molar-refractivity contribution >= 4 is 11.8 Å². The van der Waals surface area contributed by atoms with Crippen LogP contribution in [0.1, 0.15) is 32.3 Å². The number of hydrogen-bond acceptors (Lipinski definition) is 4. The SMILES string of the molecule is CCNC(=NCc1ccc(N2CCN(C)CC2)nc1)N1CCCC(C)C1. The number of hydrogen-bond donors (Lipinski definition) is 1. The fraction of sp³-hybridized carbons (Fsp3) is 0.700. The molecule has 0 aromatic carbocycles. The Morgan fingerprint density at radius 2 is 2.04 bits per heavy atom. The molecule has 1 aromatic rings. The second-order valence-corrected chi connectivity index (χ2v) is 7.68. The third-order valence-electron chi connectivity index (χ3n) is 5.34. The van der Waals surface area contributed by atoms with E-state index in [1.165, 1.54) is 18.4 Å². The highest BCUT2D eigenvalue weighted by molar-refractivity contribution is 5.80. The highest BCUT2D eigenvalue weighted by Crippen LogP contribution is 2.17. The van der Waals surface area contributed by atoms with Crippen LogP contribution < -0.4 is 10.2 Å². The number of anilines is 1. The zero-order valence-corrected chi connectivity index (χ0v) is 16.6. The van der Waals surface area contributed by atoms with Crippen LogP contribution in [-0.2, 0) is 6.54 Å². The zero-order chi connectivity index (χ0) is 18.4. The van der Waals surface area contributed by atoms with E-state index in [4.69, 9.17) is 4.99 Å². The number of nitrogens with one attached hydrogen (secondary N) is 1. The molecule has 1 aromatic heterocycles. The van der Waals surface area contributed by atoms with E-state index in [-0.39, 0.29) is 0 Å². The van der Waals surface area contributed by atoms with Crippen molar-refractivity contribution in [2.45, 2.75) is 33.2 Å². The van der Waals surface area contributed by atoms with Gasteiger partial charge in [0.2, 0.25) is 0 Å². The van der Waals surface area contributed by atoms with E-state index >= 15 is 0 Å². The number of guanidine groups is 1. The molecular formula is C20H34N6.